The number of halogens is 2. The van der Waals surface area contributed by atoms with Crippen molar-refractivity contribution in [1.29, 1.82) is 0 Å². The molecule has 3 fully saturated rings. The van der Waals surface area contributed by atoms with Gasteiger partial charge in [0.25, 0.3) is 11.8 Å². The molecule has 2 heterocycles. The first kappa shape index (κ1) is 33.0. The Hall–Kier alpha value is -5.12. The van der Waals surface area contributed by atoms with Gasteiger partial charge in [-0.05, 0) is 66.8 Å². The van der Waals surface area contributed by atoms with E-state index in [0.717, 1.165) is 21.8 Å². The van der Waals surface area contributed by atoms with Gasteiger partial charge in [-0.15, -0.1) is 23.2 Å². The summed E-state index contributed by atoms with van der Waals surface area (Å²) in [6.45, 7) is 0.264. The van der Waals surface area contributed by atoms with Crippen LogP contribution in [0.2, 0.25) is 0 Å². The van der Waals surface area contributed by atoms with Crippen molar-refractivity contribution in [2.24, 2.45) is 17.8 Å². The monoisotopic (exact) mass is 721 g/mol. The second-order valence-corrected chi connectivity index (χ2v) is 14.8. The Kier molecular flexibility index (Phi) is 7.96. The summed E-state index contributed by atoms with van der Waals surface area (Å²) in [7, 11) is 1.33. The van der Waals surface area contributed by atoms with Crippen molar-refractivity contribution in [3.63, 3.8) is 0 Å². The van der Waals surface area contributed by atoms with Crippen molar-refractivity contribution in [2.45, 2.75) is 35.1 Å². The zero-order chi connectivity index (χ0) is 35.7. The molecule has 2 aliphatic carbocycles. The van der Waals surface area contributed by atoms with Crippen LogP contribution < -0.4 is 15.0 Å². The van der Waals surface area contributed by atoms with Crippen LogP contribution in [0.5, 0.6) is 11.5 Å². The van der Waals surface area contributed by atoms with E-state index in [1.165, 1.54) is 18.0 Å². The lowest BCUT2D eigenvalue weighted by Gasteiger charge is -2.50. The van der Waals surface area contributed by atoms with E-state index >= 15 is 0 Å². The summed E-state index contributed by atoms with van der Waals surface area (Å²) < 4.78 is 5.93. The van der Waals surface area contributed by atoms with Gasteiger partial charge >= 0.3 is 0 Å². The molecule has 4 amide bonds. The lowest BCUT2D eigenvalue weighted by atomic mass is 9.56. The summed E-state index contributed by atoms with van der Waals surface area (Å²) in [5.41, 5.74) is 3.90. The van der Waals surface area contributed by atoms with Gasteiger partial charge in [0.15, 0.2) is 9.75 Å². The maximum absolute atomic E-state index is 14.4. The van der Waals surface area contributed by atoms with Crippen LogP contribution >= 0.6 is 23.2 Å². The van der Waals surface area contributed by atoms with Crippen LogP contribution in [0.25, 0.3) is 0 Å². The summed E-state index contributed by atoms with van der Waals surface area (Å²) in [4.78, 5) is 54.2. The van der Waals surface area contributed by atoms with Crippen molar-refractivity contribution in [3.8, 4) is 11.5 Å². The number of phenols is 1. The minimum Gasteiger partial charge on any atom is -0.508 e. The SMILES string of the molecule is CN1C(=O)C2(Cl)CC3C(=CCC4C(=O)N(c5ccc(Nc6ccccc6)cc5)C(=O)C43)C(c3ccc(OCc4ccccc4)cc3O)C2(Cl)C1=O. The normalized spacial score (nSPS) is 28.3. The Morgan fingerprint density at radius 2 is 1.49 bits per heavy atom. The van der Waals surface area contributed by atoms with Crippen LogP contribution in [0.3, 0.4) is 0 Å². The van der Waals surface area contributed by atoms with Crippen molar-refractivity contribution >= 4 is 63.9 Å². The molecule has 2 aliphatic heterocycles. The van der Waals surface area contributed by atoms with E-state index in [1.54, 1.807) is 36.4 Å². The molecular formula is C40H33Cl2N3O6. The van der Waals surface area contributed by atoms with Crippen LogP contribution in [0.15, 0.2) is 115 Å². The Morgan fingerprint density at radius 3 is 2.18 bits per heavy atom. The van der Waals surface area contributed by atoms with Gasteiger partial charge in [0.1, 0.15) is 18.1 Å². The van der Waals surface area contributed by atoms with Crippen molar-refractivity contribution in [1.82, 2.24) is 4.90 Å². The van der Waals surface area contributed by atoms with Crippen LogP contribution in [0.1, 0.15) is 29.9 Å². The fraction of sp³-hybridized carbons (Fsp3) is 0.250. The van der Waals surface area contributed by atoms with E-state index in [1.807, 2.05) is 66.7 Å². The number of allylic oxidation sites excluding steroid dienone is 2. The number of aromatic hydroxyl groups is 1. The number of para-hydroxylation sites is 1. The van der Waals surface area contributed by atoms with Gasteiger partial charge in [0.2, 0.25) is 11.8 Å². The Labute approximate surface area is 304 Å². The highest BCUT2D eigenvalue weighted by molar-refractivity contribution is 6.53. The lowest BCUT2D eigenvalue weighted by Crippen LogP contribution is -2.60. The van der Waals surface area contributed by atoms with E-state index in [4.69, 9.17) is 27.9 Å². The number of nitrogens with one attached hydrogen (secondary N) is 1. The molecule has 11 heteroatoms. The fourth-order valence-corrected chi connectivity index (χ4v) is 9.34. The largest absolute Gasteiger partial charge is 0.508 e. The number of carbonyl (C=O) groups is 4. The molecule has 0 bridgehead atoms. The number of fused-ring (bicyclic) bond motifs is 4. The van der Waals surface area contributed by atoms with Gasteiger partial charge in [0.05, 0.1) is 17.5 Å². The standard InChI is InChI=1S/C40H33Cl2N3O6/c1-44-37(49)39(41)21-31-28(34(40(39,42)38(44)50)29-17-16-27(20-32(29)46)51-22-23-8-4-2-5-9-23)18-19-30-33(31)36(48)45(35(30)47)26-14-12-25(13-15-26)43-24-10-6-3-7-11-24/h2-18,20,30-31,33-34,43,46H,19,21-22H2,1H3. The third-order valence-electron chi connectivity index (χ3n) is 10.8. The summed E-state index contributed by atoms with van der Waals surface area (Å²) in [6.07, 6.45) is 1.91. The number of likely N-dealkylation sites (tertiary alicyclic amines) is 1. The third-order valence-corrected chi connectivity index (χ3v) is 12.2. The number of rotatable bonds is 7. The van der Waals surface area contributed by atoms with Crippen molar-refractivity contribution < 1.29 is 29.0 Å². The molecule has 0 radical (unpaired) electrons. The van der Waals surface area contributed by atoms with E-state index in [-0.39, 0.29) is 36.7 Å². The summed E-state index contributed by atoms with van der Waals surface area (Å²) >= 11 is 14.6. The van der Waals surface area contributed by atoms with Crippen LogP contribution in [-0.4, -0.2) is 50.4 Å². The predicted octanol–water partition coefficient (Wildman–Crippen LogP) is 6.91. The van der Waals surface area contributed by atoms with E-state index in [9.17, 15) is 24.3 Å². The number of ether oxygens (including phenoxy) is 1. The molecule has 8 rings (SSSR count). The molecule has 2 N–H and O–H groups in total. The van der Waals surface area contributed by atoms with E-state index in [0.29, 0.717) is 17.0 Å². The summed E-state index contributed by atoms with van der Waals surface area (Å²) in [5, 5.41) is 14.8. The molecule has 2 saturated heterocycles. The molecule has 9 nitrogen and oxygen atoms in total. The van der Waals surface area contributed by atoms with E-state index < -0.39 is 51.1 Å². The van der Waals surface area contributed by atoms with Gasteiger partial charge in [-0.1, -0.05) is 66.2 Å². The average Bonchev–Trinajstić information content (AvgIpc) is 3.47. The quantitative estimate of drug-likeness (QED) is 0.121. The zero-order valence-electron chi connectivity index (χ0n) is 27.5. The maximum Gasteiger partial charge on any atom is 0.253 e. The molecule has 51 heavy (non-hydrogen) atoms. The molecular weight excluding hydrogens is 689 g/mol. The van der Waals surface area contributed by atoms with Gasteiger partial charge in [-0.25, -0.2) is 0 Å². The van der Waals surface area contributed by atoms with Gasteiger partial charge in [0, 0.05) is 36.0 Å². The first-order chi connectivity index (χ1) is 24.5. The number of carbonyl (C=O) groups excluding carboxylic acids is 4. The number of phenolic OH excluding ortho intramolecular Hbond substituents is 1. The van der Waals surface area contributed by atoms with Gasteiger partial charge in [-0.3, -0.25) is 29.0 Å². The van der Waals surface area contributed by atoms with Gasteiger partial charge < -0.3 is 15.2 Å². The lowest BCUT2D eigenvalue weighted by molar-refractivity contribution is -0.138. The minimum absolute atomic E-state index is 0.137. The van der Waals surface area contributed by atoms with Crippen LogP contribution in [0.4, 0.5) is 17.1 Å². The first-order valence-electron chi connectivity index (χ1n) is 16.7. The third kappa shape index (κ3) is 5.05. The predicted molar refractivity (Wildman–Crippen MR) is 193 cm³/mol. The first-order valence-corrected chi connectivity index (χ1v) is 17.5. The molecule has 4 aromatic rings. The number of alkyl halides is 2. The van der Waals surface area contributed by atoms with E-state index in [2.05, 4.69) is 5.32 Å². The molecule has 6 unspecified atom stereocenters. The fourth-order valence-electron chi connectivity index (χ4n) is 8.32. The topological polar surface area (TPSA) is 116 Å². The number of nitrogens with zero attached hydrogens (tertiary/aromatic N) is 2. The van der Waals surface area contributed by atoms with Crippen LogP contribution in [-0.2, 0) is 25.8 Å². The summed E-state index contributed by atoms with van der Waals surface area (Å²) in [5.74, 6) is -5.32. The smallest absolute Gasteiger partial charge is 0.253 e. The number of anilines is 3. The highest BCUT2D eigenvalue weighted by Crippen LogP contribution is 2.66. The second kappa shape index (κ2) is 12.3. The molecule has 4 aromatic carbocycles. The molecule has 1 saturated carbocycles. The highest BCUT2D eigenvalue weighted by atomic mass is 35.5. The molecule has 0 spiro atoms. The zero-order valence-corrected chi connectivity index (χ0v) is 29.0. The molecule has 4 aliphatic rings. The maximum atomic E-state index is 14.4. The average molecular weight is 723 g/mol. The minimum atomic E-state index is -2.01. The summed E-state index contributed by atoms with van der Waals surface area (Å²) in [6, 6.07) is 30.9. The Balaban J connectivity index is 1.14. The number of hydrogen-bond donors (Lipinski definition) is 2. The highest BCUT2D eigenvalue weighted by Gasteiger charge is 2.76. The van der Waals surface area contributed by atoms with Gasteiger partial charge in [-0.2, -0.15) is 0 Å². The number of imide groups is 2. The van der Waals surface area contributed by atoms with Crippen molar-refractivity contribution in [3.05, 3.63) is 126 Å². The molecule has 258 valence electrons. The Morgan fingerprint density at radius 1 is 0.824 bits per heavy atom. The van der Waals surface area contributed by atoms with Crippen molar-refractivity contribution in [2.75, 3.05) is 17.3 Å². The Bertz CT molecular complexity index is 2110. The number of hydrogen-bond acceptors (Lipinski definition) is 7. The number of amides is 4. The number of benzene rings is 4. The molecule has 6 atom stereocenters. The van der Waals surface area contributed by atoms with Crippen LogP contribution in [0, 0.1) is 17.8 Å². The molecule has 0 aromatic heterocycles. The second-order valence-electron chi connectivity index (χ2n) is 13.5.